The summed E-state index contributed by atoms with van der Waals surface area (Å²) in [5.41, 5.74) is 5.31. The molecule has 1 saturated carbocycles. The maximum absolute atomic E-state index is 11.8. The predicted octanol–water partition coefficient (Wildman–Crippen LogP) is 0.717. The largest absolute Gasteiger partial charge is 0.466 e. The molecule has 0 aromatic carbocycles. The molecule has 0 aromatic heterocycles. The van der Waals surface area contributed by atoms with Crippen LogP contribution in [0.5, 0.6) is 0 Å². The zero-order valence-electron chi connectivity index (χ0n) is 10.5. The summed E-state index contributed by atoms with van der Waals surface area (Å²) < 4.78 is 4.79. The number of hydrogen-bond donors (Lipinski definition) is 2. The summed E-state index contributed by atoms with van der Waals surface area (Å²) in [4.78, 5) is 22.8. The fourth-order valence-electron chi connectivity index (χ4n) is 2.08. The lowest BCUT2D eigenvalue weighted by Gasteiger charge is -2.22. The minimum Gasteiger partial charge on any atom is -0.466 e. The lowest BCUT2D eigenvalue weighted by Crippen LogP contribution is -2.52. The van der Waals surface area contributed by atoms with Gasteiger partial charge in [0.2, 0.25) is 5.91 Å². The maximum Gasteiger partial charge on any atom is 0.305 e. The predicted molar refractivity (Wildman–Crippen MR) is 64.3 cm³/mol. The van der Waals surface area contributed by atoms with Crippen LogP contribution in [-0.2, 0) is 14.3 Å². The normalized spacial score (nSPS) is 17.8. The molecule has 5 nitrogen and oxygen atoms in total. The van der Waals surface area contributed by atoms with Gasteiger partial charge in [-0.1, -0.05) is 12.8 Å². The second-order valence-electron chi connectivity index (χ2n) is 4.53. The fourth-order valence-corrected chi connectivity index (χ4v) is 2.08. The first kappa shape index (κ1) is 14.0. The lowest BCUT2D eigenvalue weighted by atomic mass is 9.98. The van der Waals surface area contributed by atoms with Crippen LogP contribution in [0.15, 0.2) is 0 Å². The summed E-state index contributed by atoms with van der Waals surface area (Å²) in [6.45, 7) is 2.66. The minimum absolute atomic E-state index is 0.0844. The minimum atomic E-state index is -0.677. The summed E-state index contributed by atoms with van der Waals surface area (Å²) in [6.07, 6.45) is 4.50. The second-order valence-corrected chi connectivity index (χ2v) is 4.53. The number of hydrogen-bond acceptors (Lipinski definition) is 4. The van der Waals surface area contributed by atoms with E-state index in [0.29, 0.717) is 26.0 Å². The van der Waals surface area contributed by atoms with Gasteiger partial charge in [0.15, 0.2) is 0 Å². The van der Waals surface area contributed by atoms with Crippen molar-refractivity contribution in [3.8, 4) is 0 Å². The van der Waals surface area contributed by atoms with Gasteiger partial charge in [0.05, 0.1) is 12.1 Å². The summed E-state index contributed by atoms with van der Waals surface area (Å²) in [5, 5.41) is 2.79. The maximum atomic E-state index is 11.8. The van der Waals surface area contributed by atoms with Crippen LogP contribution in [0.3, 0.4) is 0 Å². The van der Waals surface area contributed by atoms with Crippen molar-refractivity contribution in [2.45, 2.75) is 51.0 Å². The molecule has 0 radical (unpaired) electrons. The van der Waals surface area contributed by atoms with Gasteiger partial charge in [-0.2, -0.15) is 0 Å². The Hall–Kier alpha value is -1.10. The molecule has 1 amide bonds. The van der Waals surface area contributed by atoms with Crippen LogP contribution < -0.4 is 11.1 Å². The average molecular weight is 242 g/mol. The molecular formula is C12H22N2O3. The molecule has 0 saturated heterocycles. The third kappa shape index (κ3) is 4.34. The quantitative estimate of drug-likeness (QED) is 0.531. The van der Waals surface area contributed by atoms with Crippen LogP contribution in [0.25, 0.3) is 0 Å². The molecule has 0 atom stereocenters. The number of esters is 1. The molecule has 1 aliphatic rings. The van der Waals surface area contributed by atoms with E-state index < -0.39 is 5.54 Å². The van der Waals surface area contributed by atoms with E-state index in [-0.39, 0.29) is 11.9 Å². The summed E-state index contributed by atoms with van der Waals surface area (Å²) in [6, 6.07) is 0. The Morgan fingerprint density at radius 3 is 2.59 bits per heavy atom. The third-order valence-electron chi connectivity index (χ3n) is 3.10. The van der Waals surface area contributed by atoms with E-state index in [4.69, 9.17) is 10.5 Å². The first-order valence-electron chi connectivity index (χ1n) is 6.31. The lowest BCUT2D eigenvalue weighted by molar-refractivity contribution is -0.143. The first-order valence-corrected chi connectivity index (χ1v) is 6.31. The van der Waals surface area contributed by atoms with E-state index in [1.807, 2.05) is 0 Å². The molecular weight excluding hydrogens is 220 g/mol. The van der Waals surface area contributed by atoms with Crippen LogP contribution in [0.2, 0.25) is 0 Å². The molecule has 0 bridgehead atoms. The van der Waals surface area contributed by atoms with Crippen molar-refractivity contribution < 1.29 is 14.3 Å². The average Bonchev–Trinajstić information content (AvgIpc) is 2.73. The van der Waals surface area contributed by atoms with Crippen molar-refractivity contribution in [2.24, 2.45) is 5.73 Å². The summed E-state index contributed by atoms with van der Waals surface area (Å²) in [5.74, 6) is -0.302. The van der Waals surface area contributed by atoms with Gasteiger partial charge >= 0.3 is 5.97 Å². The molecule has 1 rings (SSSR count). The van der Waals surface area contributed by atoms with Crippen molar-refractivity contribution >= 4 is 11.9 Å². The van der Waals surface area contributed by atoms with Crippen molar-refractivity contribution in [1.82, 2.24) is 5.32 Å². The Bertz CT molecular complexity index is 273. The van der Waals surface area contributed by atoms with Crippen LogP contribution >= 0.6 is 0 Å². The van der Waals surface area contributed by atoms with E-state index in [0.717, 1.165) is 25.7 Å². The van der Waals surface area contributed by atoms with Crippen molar-refractivity contribution in [1.29, 1.82) is 0 Å². The number of amides is 1. The Kier molecular flexibility index (Phi) is 5.41. The Morgan fingerprint density at radius 2 is 2.00 bits per heavy atom. The molecule has 0 unspecified atom stereocenters. The second kappa shape index (κ2) is 6.59. The third-order valence-corrected chi connectivity index (χ3v) is 3.10. The Labute approximate surface area is 102 Å². The van der Waals surface area contributed by atoms with Crippen LogP contribution in [0, 0.1) is 0 Å². The van der Waals surface area contributed by atoms with Crippen molar-refractivity contribution in [3.63, 3.8) is 0 Å². The molecule has 1 fully saturated rings. The smallest absolute Gasteiger partial charge is 0.305 e. The van der Waals surface area contributed by atoms with Gasteiger partial charge in [-0.3, -0.25) is 9.59 Å². The summed E-state index contributed by atoms with van der Waals surface area (Å²) in [7, 11) is 0. The molecule has 17 heavy (non-hydrogen) atoms. The highest BCUT2D eigenvalue weighted by molar-refractivity contribution is 5.86. The monoisotopic (exact) mass is 242 g/mol. The topological polar surface area (TPSA) is 81.4 Å². The standard InChI is InChI=1S/C12H22N2O3/c1-2-17-10(15)6-5-9-14-11(16)12(13)7-3-4-8-12/h2-9,13H2,1H3,(H,14,16). The van der Waals surface area contributed by atoms with Gasteiger partial charge in [0.1, 0.15) is 0 Å². The Morgan fingerprint density at radius 1 is 1.35 bits per heavy atom. The zero-order valence-corrected chi connectivity index (χ0v) is 10.5. The highest BCUT2D eigenvalue weighted by Gasteiger charge is 2.36. The van der Waals surface area contributed by atoms with Crippen molar-refractivity contribution in [2.75, 3.05) is 13.2 Å². The highest BCUT2D eigenvalue weighted by Crippen LogP contribution is 2.27. The molecule has 98 valence electrons. The van der Waals surface area contributed by atoms with E-state index in [1.54, 1.807) is 6.92 Å². The molecule has 0 spiro atoms. The summed E-state index contributed by atoms with van der Waals surface area (Å²) >= 11 is 0. The van der Waals surface area contributed by atoms with Crippen LogP contribution in [0.4, 0.5) is 0 Å². The number of rotatable bonds is 6. The van der Waals surface area contributed by atoms with Gasteiger partial charge in [0.25, 0.3) is 0 Å². The van der Waals surface area contributed by atoms with E-state index in [9.17, 15) is 9.59 Å². The van der Waals surface area contributed by atoms with Crippen LogP contribution in [0.1, 0.15) is 45.4 Å². The molecule has 0 aliphatic heterocycles. The number of carbonyl (C=O) groups is 2. The van der Waals surface area contributed by atoms with Gasteiger partial charge < -0.3 is 15.8 Å². The van der Waals surface area contributed by atoms with E-state index >= 15 is 0 Å². The van der Waals surface area contributed by atoms with E-state index in [1.165, 1.54) is 0 Å². The number of nitrogens with two attached hydrogens (primary N) is 1. The fraction of sp³-hybridized carbons (Fsp3) is 0.833. The molecule has 3 N–H and O–H groups in total. The SMILES string of the molecule is CCOC(=O)CCCNC(=O)C1(N)CCCC1. The van der Waals surface area contributed by atoms with Crippen molar-refractivity contribution in [3.05, 3.63) is 0 Å². The van der Waals surface area contributed by atoms with E-state index in [2.05, 4.69) is 5.32 Å². The molecule has 0 heterocycles. The van der Waals surface area contributed by atoms with Gasteiger partial charge in [-0.25, -0.2) is 0 Å². The number of carbonyl (C=O) groups excluding carboxylic acids is 2. The molecule has 0 aromatic rings. The van der Waals surface area contributed by atoms with Crippen LogP contribution in [-0.4, -0.2) is 30.6 Å². The zero-order chi connectivity index (χ0) is 12.7. The molecule has 5 heteroatoms. The highest BCUT2D eigenvalue weighted by atomic mass is 16.5. The molecule has 1 aliphatic carbocycles. The Balaban J connectivity index is 2.14. The first-order chi connectivity index (χ1) is 8.08. The van der Waals surface area contributed by atoms with Gasteiger partial charge in [-0.05, 0) is 26.2 Å². The number of ether oxygens (including phenoxy) is 1. The number of nitrogens with one attached hydrogen (secondary N) is 1. The van der Waals surface area contributed by atoms with Gasteiger partial charge in [0, 0.05) is 13.0 Å². The van der Waals surface area contributed by atoms with Gasteiger partial charge in [-0.15, -0.1) is 0 Å².